The number of quaternary nitrogens is 1. The molecule has 11 heavy (non-hydrogen) atoms. The molecule has 0 saturated carbocycles. The van der Waals surface area contributed by atoms with E-state index in [9.17, 15) is 0 Å². The summed E-state index contributed by atoms with van der Waals surface area (Å²) in [7, 11) is 6.00. The molecule has 1 aromatic carbocycles. The van der Waals surface area contributed by atoms with Crippen molar-refractivity contribution in [2.45, 2.75) is 13.0 Å². The van der Waals surface area contributed by atoms with Crippen LogP contribution in [-0.4, -0.2) is 7.05 Å². The molecular weight excluding hydrogens is 134 g/mol. The third-order valence-electron chi connectivity index (χ3n) is 2.04. The topological polar surface area (TPSA) is 4.44 Å². The highest BCUT2D eigenvalue weighted by Gasteiger charge is 2.05. The van der Waals surface area contributed by atoms with Crippen molar-refractivity contribution < 1.29 is 4.90 Å². The first-order valence-electron chi connectivity index (χ1n) is 3.92. The Hall–Kier alpha value is -0.820. The zero-order chi connectivity index (χ0) is 8.27. The molecule has 0 saturated heterocycles. The lowest BCUT2D eigenvalue weighted by Crippen LogP contribution is -3.03. The summed E-state index contributed by atoms with van der Waals surface area (Å²) in [6, 6.07) is 10.9. The standard InChI is InChI=1S/C10H15N/c1-9(11(2)3)10-7-5-4-6-8-10/h4-9,11H,2H2,1,3H3/t9-/m0/s1. The van der Waals surface area contributed by atoms with Crippen molar-refractivity contribution in [3.05, 3.63) is 42.9 Å². The van der Waals surface area contributed by atoms with E-state index < -0.39 is 0 Å². The van der Waals surface area contributed by atoms with Gasteiger partial charge in [-0.05, 0) is 6.92 Å². The van der Waals surface area contributed by atoms with Crippen LogP contribution in [0.3, 0.4) is 0 Å². The Morgan fingerprint density at radius 3 is 2.27 bits per heavy atom. The lowest BCUT2D eigenvalue weighted by Gasteiger charge is -2.23. The molecule has 1 rings (SSSR count). The Bertz CT molecular complexity index is 203. The zero-order valence-corrected chi connectivity index (χ0v) is 7.17. The summed E-state index contributed by atoms with van der Waals surface area (Å²) in [6.07, 6.45) is 0. The first kappa shape index (κ1) is 8.28. The monoisotopic (exact) mass is 149 g/mol. The molecule has 0 bridgehead atoms. The summed E-state index contributed by atoms with van der Waals surface area (Å²) in [5.41, 5.74) is 1.35. The Labute approximate surface area is 68.7 Å². The molecule has 0 spiro atoms. The van der Waals surface area contributed by atoms with Gasteiger partial charge in [-0.3, -0.25) is 0 Å². The Kier molecular flexibility index (Phi) is 2.66. The highest BCUT2D eigenvalue weighted by atomic mass is 15.1. The molecule has 0 aliphatic carbocycles. The fraction of sp³-hybridized carbons (Fsp3) is 0.300. The lowest BCUT2D eigenvalue weighted by molar-refractivity contribution is -0.864. The van der Waals surface area contributed by atoms with E-state index >= 15 is 0 Å². The lowest BCUT2D eigenvalue weighted by atomic mass is 10.1. The second-order valence-corrected chi connectivity index (χ2v) is 2.98. The average molecular weight is 149 g/mol. The van der Waals surface area contributed by atoms with Crippen molar-refractivity contribution in [2.75, 3.05) is 7.05 Å². The van der Waals surface area contributed by atoms with E-state index in [4.69, 9.17) is 0 Å². The summed E-state index contributed by atoms with van der Waals surface area (Å²) in [4.78, 5) is 1.22. The average Bonchev–Trinajstić information content (AvgIpc) is 2.05. The predicted molar refractivity (Wildman–Crippen MR) is 47.1 cm³/mol. The summed E-state index contributed by atoms with van der Waals surface area (Å²) in [5, 5.41) is 0. The van der Waals surface area contributed by atoms with Gasteiger partial charge in [-0.1, -0.05) is 30.3 Å². The molecule has 1 heteroatoms. The minimum atomic E-state index is 0.483. The van der Waals surface area contributed by atoms with E-state index in [-0.39, 0.29) is 0 Å². The first-order chi connectivity index (χ1) is 5.22. The third-order valence-corrected chi connectivity index (χ3v) is 2.04. The van der Waals surface area contributed by atoms with E-state index in [0.29, 0.717) is 6.04 Å². The van der Waals surface area contributed by atoms with Gasteiger partial charge in [-0.15, -0.1) is 0 Å². The van der Waals surface area contributed by atoms with Crippen LogP contribution < -0.4 is 4.90 Å². The van der Waals surface area contributed by atoms with Crippen LogP contribution in [-0.2, 0) is 0 Å². The maximum absolute atomic E-state index is 3.93. The largest absolute Gasteiger partial charge is 0.464 e. The summed E-state index contributed by atoms with van der Waals surface area (Å²) in [5.74, 6) is 0. The number of rotatable bonds is 2. The van der Waals surface area contributed by atoms with Crippen molar-refractivity contribution in [1.82, 2.24) is 0 Å². The molecule has 0 aromatic heterocycles. The van der Waals surface area contributed by atoms with Crippen LogP contribution >= 0.6 is 0 Å². The van der Waals surface area contributed by atoms with Crippen LogP contribution in [0.5, 0.6) is 0 Å². The second-order valence-electron chi connectivity index (χ2n) is 2.98. The molecule has 1 unspecified atom stereocenters. The zero-order valence-electron chi connectivity index (χ0n) is 7.17. The summed E-state index contributed by atoms with van der Waals surface area (Å²) >= 11 is 0. The SMILES string of the molecule is [CH2-][NH+](C)[C@@H](C)c1ccccc1. The van der Waals surface area contributed by atoms with Gasteiger partial charge < -0.3 is 4.90 Å². The molecule has 2 atom stereocenters. The number of benzene rings is 1. The first-order valence-corrected chi connectivity index (χ1v) is 3.92. The van der Waals surface area contributed by atoms with Crippen molar-refractivity contribution in [3.8, 4) is 0 Å². The second kappa shape index (κ2) is 3.54. The van der Waals surface area contributed by atoms with Gasteiger partial charge >= 0.3 is 0 Å². The maximum Gasteiger partial charge on any atom is 0.0860 e. The predicted octanol–water partition coefficient (Wildman–Crippen LogP) is 1.05. The third kappa shape index (κ3) is 2.05. The van der Waals surface area contributed by atoms with Gasteiger partial charge in [0.25, 0.3) is 0 Å². The summed E-state index contributed by atoms with van der Waals surface area (Å²) < 4.78 is 0. The molecular formula is C10H15N. The van der Waals surface area contributed by atoms with Crippen LogP contribution in [0.1, 0.15) is 18.5 Å². The van der Waals surface area contributed by atoms with E-state index in [1.165, 1.54) is 10.5 Å². The summed E-state index contributed by atoms with van der Waals surface area (Å²) in [6.45, 7) is 2.18. The minimum absolute atomic E-state index is 0.483. The molecule has 1 nitrogen and oxygen atoms in total. The van der Waals surface area contributed by atoms with Gasteiger partial charge in [0.1, 0.15) is 0 Å². The van der Waals surface area contributed by atoms with Gasteiger partial charge in [0.05, 0.1) is 6.04 Å². The van der Waals surface area contributed by atoms with Crippen LogP contribution in [0.15, 0.2) is 30.3 Å². The molecule has 0 heterocycles. The van der Waals surface area contributed by atoms with Crippen LogP contribution in [0.2, 0.25) is 0 Å². The van der Waals surface area contributed by atoms with E-state index in [1.807, 2.05) is 6.07 Å². The van der Waals surface area contributed by atoms with Crippen LogP contribution in [0.25, 0.3) is 0 Å². The van der Waals surface area contributed by atoms with E-state index in [1.54, 1.807) is 0 Å². The maximum atomic E-state index is 3.93. The molecule has 0 radical (unpaired) electrons. The normalized spacial score (nSPS) is 15.9. The van der Waals surface area contributed by atoms with Gasteiger partial charge in [-0.25, -0.2) is 0 Å². The molecule has 0 aliphatic rings. The Balaban J connectivity index is 2.77. The molecule has 1 N–H and O–H groups in total. The fourth-order valence-electron chi connectivity index (χ4n) is 1.03. The minimum Gasteiger partial charge on any atom is -0.464 e. The van der Waals surface area contributed by atoms with E-state index in [2.05, 4.69) is 45.3 Å². The fourth-order valence-corrected chi connectivity index (χ4v) is 1.03. The van der Waals surface area contributed by atoms with Crippen molar-refractivity contribution in [3.63, 3.8) is 0 Å². The molecule has 1 aromatic rings. The van der Waals surface area contributed by atoms with Crippen molar-refractivity contribution in [1.29, 1.82) is 0 Å². The van der Waals surface area contributed by atoms with Crippen LogP contribution in [0, 0.1) is 7.05 Å². The quantitative estimate of drug-likeness (QED) is 0.600. The Morgan fingerprint density at radius 2 is 1.82 bits per heavy atom. The molecule has 0 amide bonds. The Morgan fingerprint density at radius 1 is 1.27 bits per heavy atom. The molecule has 60 valence electrons. The number of hydrogen-bond donors (Lipinski definition) is 1. The highest BCUT2D eigenvalue weighted by molar-refractivity contribution is 5.16. The van der Waals surface area contributed by atoms with E-state index in [0.717, 1.165) is 0 Å². The number of nitrogens with one attached hydrogen (secondary N) is 1. The number of hydrogen-bond acceptors (Lipinski definition) is 0. The highest BCUT2D eigenvalue weighted by Crippen LogP contribution is 2.06. The van der Waals surface area contributed by atoms with Gasteiger partial charge in [0, 0.05) is 12.6 Å². The van der Waals surface area contributed by atoms with Gasteiger partial charge in [0.2, 0.25) is 0 Å². The van der Waals surface area contributed by atoms with Crippen molar-refractivity contribution >= 4 is 0 Å². The smallest absolute Gasteiger partial charge is 0.0860 e. The van der Waals surface area contributed by atoms with Crippen molar-refractivity contribution in [2.24, 2.45) is 0 Å². The van der Waals surface area contributed by atoms with Gasteiger partial charge in [0.15, 0.2) is 0 Å². The van der Waals surface area contributed by atoms with Crippen LogP contribution in [0.4, 0.5) is 0 Å². The molecule has 0 fully saturated rings. The molecule has 0 aliphatic heterocycles. The van der Waals surface area contributed by atoms with Gasteiger partial charge in [-0.2, -0.15) is 7.05 Å².